The molecule has 1 unspecified atom stereocenters. The summed E-state index contributed by atoms with van der Waals surface area (Å²) in [6.45, 7) is 0.382. The minimum atomic E-state index is -1.14. The summed E-state index contributed by atoms with van der Waals surface area (Å²) >= 11 is 0. The zero-order valence-electron chi connectivity index (χ0n) is 16.9. The van der Waals surface area contributed by atoms with E-state index in [1.165, 1.54) is 10.9 Å². The van der Waals surface area contributed by atoms with E-state index in [1.807, 2.05) is 6.20 Å². The number of aliphatic hydroxyl groups excluding tert-OH is 2. The highest BCUT2D eigenvalue weighted by atomic mass is 16.3. The second-order valence-electron chi connectivity index (χ2n) is 7.41. The van der Waals surface area contributed by atoms with Crippen molar-refractivity contribution in [2.45, 2.75) is 31.6 Å². The lowest BCUT2D eigenvalue weighted by Crippen LogP contribution is -2.39. The number of carbonyl (C=O) groups is 2. The summed E-state index contributed by atoms with van der Waals surface area (Å²) < 4.78 is 3.12. The second-order valence-corrected chi connectivity index (χ2v) is 7.41. The van der Waals surface area contributed by atoms with Crippen molar-refractivity contribution in [2.24, 2.45) is 7.05 Å². The highest BCUT2D eigenvalue weighted by Gasteiger charge is 2.22. The third kappa shape index (κ3) is 4.62. The molecule has 2 atom stereocenters. The Morgan fingerprint density at radius 1 is 1.10 bits per heavy atom. The van der Waals surface area contributed by atoms with Crippen LogP contribution >= 0.6 is 0 Å². The molecule has 4 rings (SSSR count). The minimum absolute atomic E-state index is 0.00362. The molecule has 11 nitrogen and oxygen atoms in total. The Morgan fingerprint density at radius 2 is 1.90 bits per heavy atom. The molecular weight excluding hydrogens is 402 g/mol. The van der Waals surface area contributed by atoms with Crippen molar-refractivity contribution in [2.75, 3.05) is 11.9 Å². The summed E-state index contributed by atoms with van der Waals surface area (Å²) in [5, 5.41) is 34.0. The molecule has 0 saturated carbocycles. The number of amides is 2. The summed E-state index contributed by atoms with van der Waals surface area (Å²) in [7, 11) is 1.62. The SMILES string of the molecule is Cn1cc2c(n1)C(=O)NC[C@H](O)C(O)CCCn1cc(cn1)-c1cccc(n1)C(=O)N2. The van der Waals surface area contributed by atoms with Crippen molar-refractivity contribution >= 4 is 17.5 Å². The van der Waals surface area contributed by atoms with E-state index >= 15 is 0 Å². The number of aryl methyl sites for hydroxylation is 2. The number of rotatable bonds is 0. The van der Waals surface area contributed by atoms with Crippen molar-refractivity contribution < 1.29 is 19.8 Å². The van der Waals surface area contributed by atoms with E-state index in [1.54, 1.807) is 36.1 Å². The van der Waals surface area contributed by atoms with Gasteiger partial charge in [0.05, 0.1) is 29.8 Å². The van der Waals surface area contributed by atoms with E-state index in [2.05, 4.69) is 25.8 Å². The minimum Gasteiger partial charge on any atom is -0.390 e. The van der Waals surface area contributed by atoms with Gasteiger partial charge in [-0.15, -0.1) is 0 Å². The first-order valence-corrected chi connectivity index (χ1v) is 9.90. The van der Waals surface area contributed by atoms with Crippen LogP contribution in [0.5, 0.6) is 0 Å². The lowest BCUT2D eigenvalue weighted by molar-refractivity contribution is 0.0137. The Labute approximate surface area is 177 Å². The van der Waals surface area contributed by atoms with Crippen LogP contribution in [0.25, 0.3) is 11.3 Å². The quantitative estimate of drug-likeness (QED) is 0.402. The summed E-state index contributed by atoms with van der Waals surface area (Å²) in [4.78, 5) is 29.8. The maximum atomic E-state index is 12.8. The van der Waals surface area contributed by atoms with Gasteiger partial charge >= 0.3 is 0 Å². The summed E-state index contributed by atoms with van der Waals surface area (Å²) in [6, 6.07) is 5.08. The number of nitrogens with zero attached hydrogens (tertiary/aromatic N) is 5. The molecule has 31 heavy (non-hydrogen) atoms. The highest BCUT2D eigenvalue weighted by molar-refractivity contribution is 6.07. The number of aliphatic hydroxyl groups is 2. The number of hydrogen-bond donors (Lipinski definition) is 4. The van der Waals surface area contributed by atoms with Crippen LogP contribution in [0, 0.1) is 0 Å². The van der Waals surface area contributed by atoms with E-state index < -0.39 is 24.0 Å². The molecule has 0 fully saturated rings. The number of hydrogen-bond acceptors (Lipinski definition) is 7. The molecule has 3 aromatic rings. The third-order valence-corrected chi connectivity index (χ3v) is 5.01. The monoisotopic (exact) mass is 425 g/mol. The molecule has 0 aliphatic carbocycles. The van der Waals surface area contributed by atoms with E-state index in [-0.39, 0.29) is 23.6 Å². The van der Waals surface area contributed by atoms with Crippen molar-refractivity contribution in [3.05, 3.63) is 48.2 Å². The van der Waals surface area contributed by atoms with E-state index in [0.29, 0.717) is 25.1 Å². The molecule has 3 aromatic heterocycles. The first-order chi connectivity index (χ1) is 14.9. The molecule has 0 radical (unpaired) electrons. The van der Waals surface area contributed by atoms with Crippen molar-refractivity contribution in [1.29, 1.82) is 0 Å². The normalized spacial score (nSPS) is 20.2. The molecular formula is C20H23N7O4. The fourth-order valence-corrected chi connectivity index (χ4v) is 3.35. The van der Waals surface area contributed by atoms with E-state index in [9.17, 15) is 19.8 Å². The average molecular weight is 425 g/mol. The zero-order chi connectivity index (χ0) is 22.0. The fourth-order valence-electron chi connectivity index (χ4n) is 3.35. The largest absolute Gasteiger partial charge is 0.390 e. The number of carbonyl (C=O) groups excluding carboxylic acids is 2. The van der Waals surface area contributed by atoms with Crippen LogP contribution in [0.1, 0.15) is 33.8 Å². The van der Waals surface area contributed by atoms with Crippen LogP contribution in [0.4, 0.5) is 5.69 Å². The predicted octanol–water partition coefficient (Wildman–Crippen LogP) is 0.176. The first-order valence-electron chi connectivity index (χ1n) is 9.90. The first kappa shape index (κ1) is 20.7. The van der Waals surface area contributed by atoms with Crippen LogP contribution in [-0.4, -0.2) is 65.3 Å². The van der Waals surface area contributed by atoms with E-state index in [4.69, 9.17) is 0 Å². The Balaban J connectivity index is 1.68. The van der Waals surface area contributed by atoms with Gasteiger partial charge in [0, 0.05) is 38.1 Å². The summed E-state index contributed by atoms with van der Waals surface area (Å²) in [5.74, 6) is -1.07. The van der Waals surface area contributed by atoms with Gasteiger partial charge in [-0.25, -0.2) is 4.98 Å². The number of nitrogens with one attached hydrogen (secondary N) is 2. The maximum absolute atomic E-state index is 12.8. The average Bonchev–Trinajstić information content (AvgIpc) is 3.37. The van der Waals surface area contributed by atoms with Crippen LogP contribution in [-0.2, 0) is 13.6 Å². The third-order valence-electron chi connectivity index (χ3n) is 5.01. The molecule has 0 saturated heterocycles. The Kier molecular flexibility index (Phi) is 5.78. The molecule has 11 heteroatoms. The van der Waals surface area contributed by atoms with Crippen LogP contribution in [0.15, 0.2) is 36.8 Å². The predicted molar refractivity (Wildman–Crippen MR) is 110 cm³/mol. The zero-order valence-corrected chi connectivity index (χ0v) is 16.9. The van der Waals surface area contributed by atoms with Gasteiger partial charge in [0.1, 0.15) is 5.69 Å². The second kappa shape index (κ2) is 8.66. The van der Waals surface area contributed by atoms with Gasteiger partial charge < -0.3 is 20.8 Å². The number of β-amino-alcohol motifs (C(OH)–C–C–N with tert-alkyl or cyclic N) is 1. The van der Waals surface area contributed by atoms with Crippen LogP contribution in [0.2, 0.25) is 0 Å². The topological polar surface area (TPSA) is 147 Å². The summed E-state index contributed by atoms with van der Waals surface area (Å²) in [5.41, 5.74) is 1.72. The molecule has 0 spiro atoms. The number of aromatic nitrogens is 5. The molecule has 0 aromatic carbocycles. The van der Waals surface area contributed by atoms with Crippen molar-refractivity contribution in [3.63, 3.8) is 0 Å². The molecule has 4 heterocycles. The van der Waals surface area contributed by atoms with Crippen LogP contribution in [0.3, 0.4) is 0 Å². The molecule has 162 valence electrons. The van der Waals surface area contributed by atoms with Gasteiger partial charge in [-0.05, 0) is 25.0 Å². The Bertz CT molecular complexity index is 1110. The van der Waals surface area contributed by atoms with Crippen molar-refractivity contribution in [1.82, 2.24) is 29.9 Å². The van der Waals surface area contributed by atoms with Gasteiger partial charge in [0.25, 0.3) is 11.8 Å². The molecule has 4 bridgehead atoms. The smallest absolute Gasteiger partial charge is 0.274 e. The maximum Gasteiger partial charge on any atom is 0.274 e. The van der Waals surface area contributed by atoms with Gasteiger partial charge in [-0.2, -0.15) is 10.2 Å². The fraction of sp³-hybridized carbons (Fsp3) is 0.350. The lowest BCUT2D eigenvalue weighted by atomic mass is 10.1. The lowest BCUT2D eigenvalue weighted by Gasteiger charge is -2.18. The highest BCUT2D eigenvalue weighted by Crippen LogP contribution is 2.19. The van der Waals surface area contributed by atoms with Gasteiger partial charge in [0.2, 0.25) is 0 Å². The number of fused-ring (bicyclic) bond motifs is 6. The van der Waals surface area contributed by atoms with Gasteiger partial charge in [-0.3, -0.25) is 19.0 Å². The van der Waals surface area contributed by atoms with Crippen molar-refractivity contribution in [3.8, 4) is 11.3 Å². The molecule has 4 N–H and O–H groups in total. The van der Waals surface area contributed by atoms with Gasteiger partial charge in [0.15, 0.2) is 5.69 Å². The summed E-state index contributed by atoms with van der Waals surface area (Å²) in [6.07, 6.45) is 3.75. The number of anilines is 1. The molecule has 2 amide bonds. The van der Waals surface area contributed by atoms with E-state index in [0.717, 1.165) is 5.56 Å². The molecule has 1 aliphatic heterocycles. The standard InChI is InChI=1S/C20H23N7O4/c1-26-11-15-18(25-26)20(31)21-9-17(29)16(28)6-3-7-27-10-12(8-22-27)13-4-2-5-14(23-13)19(30)24-15/h2,4-5,8,10-11,16-17,28-29H,3,6-7,9H2,1H3,(H,21,31)(H,24,30)/t16?,17-/m0/s1. The van der Waals surface area contributed by atoms with Crippen LogP contribution < -0.4 is 10.6 Å². The molecule has 1 aliphatic rings. The number of pyridine rings is 1. The van der Waals surface area contributed by atoms with Gasteiger partial charge in [-0.1, -0.05) is 6.07 Å². The Hall–Kier alpha value is -3.57. The Morgan fingerprint density at radius 3 is 2.74 bits per heavy atom.